The van der Waals surface area contributed by atoms with E-state index in [0.29, 0.717) is 44.5 Å². The van der Waals surface area contributed by atoms with Crippen molar-refractivity contribution in [2.24, 2.45) is 5.73 Å². The molecule has 1 aromatic carbocycles. The van der Waals surface area contributed by atoms with Crippen molar-refractivity contribution in [1.82, 2.24) is 20.1 Å². The Balaban J connectivity index is 1.53. The maximum absolute atomic E-state index is 13.7. The number of ether oxygens (including phenoxy) is 1. The van der Waals surface area contributed by atoms with Crippen LogP contribution < -0.4 is 11.1 Å². The second kappa shape index (κ2) is 10.7. The van der Waals surface area contributed by atoms with Crippen LogP contribution in [0.1, 0.15) is 42.7 Å². The minimum absolute atomic E-state index is 0.0644. The number of nitrogens with two attached hydrogens (primary N) is 1. The van der Waals surface area contributed by atoms with Crippen LogP contribution in [0.2, 0.25) is 0 Å². The molecule has 2 fully saturated rings. The van der Waals surface area contributed by atoms with Crippen molar-refractivity contribution < 1.29 is 23.9 Å². The van der Waals surface area contributed by atoms with Crippen LogP contribution >= 0.6 is 0 Å². The number of carbonyl (C=O) groups excluding carboxylic acids is 4. The predicted octanol–water partition coefficient (Wildman–Crippen LogP) is 0.907. The summed E-state index contributed by atoms with van der Waals surface area (Å²) in [6, 6.07) is 12.9. The average molecular weight is 508 g/mol. The van der Waals surface area contributed by atoms with Gasteiger partial charge < -0.3 is 25.6 Å². The molecule has 1 unspecified atom stereocenters. The fraction of sp³-hybridized carbons (Fsp3) is 0.444. The number of carbonyl (C=O) groups is 4. The molecule has 2 aliphatic rings. The number of hydrogen-bond acceptors (Lipinski definition) is 7. The van der Waals surface area contributed by atoms with E-state index in [1.54, 1.807) is 41.4 Å². The van der Waals surface area contributed by atoms with Gasteiger partial charge in [0, 0.05) is 44.4 Å². The summed E-state index contributed by atoms with van der Waals surface area (Å²) >= 11 is 0. The first-order chi connectivity index (χ1) is 17.6. The lowest BCUT2D eigenvalue weighted by atomic mass is 9.87. The SMILES string of the molecule is CC(C)(N)C(=O)N[C@H](COC(=O)c1ccccc1)C(=O)N1CCN2C(=O)CCC2(Cc2ccccn2)C1. The third kappa shape index (κ3) is 5.96. The van der Waals surface area contributed by atoms with Crippen LogP contribution in [0.3, 0.4) is 0 Å². The number of aromatic nitrogens is 1. The summed E-state index contributed by atoms with van der Waals surface area (Å²) in [5.74, 6) is -1.47. The molecule has 0 saturated carbocycles. The van der Waals surface area contributed by atoms with E-state index >= 15 is 0 Å². The van der Waals surface area contributed by atoms with Gasteiger partial charge in [-0.3, -0.25) is 19.4 Å². The Morgan fingerprint density at radius 2 is 1.86 bits per heavy atom. The number of pyridine rings is 1. The fourth-order valence-corrected chi connectivity index (χ4v) is 4.88. The molecule has 3 N–H and O–H groups in total. The van der Waals surface area contributed by atoms with Crippen LogP contribution in [-0.2, 0) is 25.5 Å². The van der Waals surface area contributed by atoms with Gasteiger partial charge in [-0.1, -0.05) is 24.3 Å². The van der Waals surface area contributed by atoms with E-state index in [0.717, 1.165) is 5.69 Å². The van der Waals surface area contributed by atoms with E-state index in [2.05, 4.69) is 10.3 Å². The second-order valence-electron chi connectivity index (χ2n) is 10.2. The topological polar surface area (TPSA) is 135 Å². The van der Waals surface area contributed by atoms with Gasteiger partial charge in [-0.05, 0) is 44.5 Å². The summed E-state index contributed by atoms with van der Waals surface area (Å²) in [7, 11) is 0. The maximum Gasteiger partial charge on any atom is 0.338 e. The molecular weight excluding hydrogens is 474 g/mol. The number of nitrogens with one attached hydrogen (secondary N) is 1. The van der Waals surface area contributed by atoms with Gasteiger partial charge >= 0.3 is 5.97 Å². The summed E-state index contributed by atoms with van der Waals surface area (Å²) in [5.41, 5.74) is 5.31. The number of rotatable bonds is 8. The molecule has 1 aromatic heterocycles. The zero-order valence-electron chi connectivity index (χ0n) is 21.2. The first kappa shape index (κ1) is 26.3. The largest absolute Gasteiger partial charge is 0.459 e. The smallest absolute Gasteiger partial charge is 0.338 e. The Hall–Kier alpha value is -3.79. The van der Waals surface area contributed by atoms with Crippen molar-refractivity contribution in [2.75, 3.05) is 26.2 Å². The van der Waals surface area contributed by atoms with Crippen LogP contribution in [0, 0.1) is 0 Å². The van der Waals surface area contributed by atoms with Crippen molar-refractivity contribution in [3.8, 4) is 0 Å². The van der Waals surface area contributed by atoms with E-state index in [-0.39, 0.29) is 12.5 Å². The molecule has 2 atom stereocenters. The van der Waals surface area contributed by atoms with Crippen molar-refractivity contribution in [3.63, 3.8) is 0 Å². The minimum atomic E-state index is -1.24. The van der Waals surface area contributed by atoms with Crippen LogP contribution in [0.25, 0.3) is 0 Å². The van der Waals surface area contributed by atoms with Gasteiger partial charge in [-0.2, -0.15) is 0 Å². The molecule has 0 radical (unpaired) electrons. The third-order valence-electron chi connectivity index (χ3n) is 6.88. The Kier molecular flexibility index (Phi) is 7.58. The lowest BCUT2D eigenvalue weighted by Crippen LogP contribution is -2.65. The first-order valence-electron chi connectivity index (χ1n) is 12.4. The third-order valence-corrected chi connectivity index (χ3v) is 6.88. The number of amides is 3. The molecule has 37 heavy (non-hydrogen) atoms. The van der Waals surface area contributed by atoms with Crippen LogP contribution in [-0.4, -0.2) is 81.8 Å². The van der Waals surface area contributed by atoms with Gasteiger partial charge in [0.15, 0.2) is 0 Å². The van der Waals surface area contributed by atoms with E-state index in [1.807, 2.05) is 23.1 Å². The Labute approximate surface area is 216 Å². The summed E-state index contributed by atoms with van der Waals surface area (Å²) in [4.78, 5) is 59.6. The maximum atomic E-state index is 13.7. The summed E-state index contributed by atoms with van der Waals surface area (Å²) in [6.07, 6.45) is 3.23. The molecule has 196 valence electrons. The van der Waals surface area contributed by atoms with Gasteiger partial charge in [-0.15, -0.1) is 0 Å². The average Bonchev–Trinajstić information content (AvgIpc) is 3.21. The molecule has 0 aliphatic carbocycles. The first-order valence-corrected chi connectivity index (χ1v) is 12.4. The van der Waals surface area contributed by atoms with Crippen molar-refractivity contribution in [2.45, 2.75) is 50.2 Å². The number of fused-ring (bicyclic) bond motifs is 1. The highest BCUT2D eigenvalue weighted by Crippen LogP contribution is 2.36. The zero-order chi connectivity index (χ0) is 26.6. The number of hydrogen-bond donors (Lipinski definition) is 2. The molecule has 2 aliphatic heterocycles. The lowest BCUT2D eigenvalue weighted by molar-refractivity contribution is -0.146. The highest BCUT2D eigenvalue weighted by molar-refractivity contribution is 5.93. The Morgan fingerprint density at radius 3 is 2.54 bits per heavy atom. The molecule has 4 rings (SSSR count). The minimum Gasteiger partial charge on any atom is -0.459 e. The molecular formula is C27H33N5O5. The standard InChI is InChI=1S/C27H33N5O5/c1-26(2,28)25(36)30-21(17-37-24(35)19-8-4-3-5-9-19)23(34)31-14-15-32-22(33)11-12-27(32,18-31)16-20-10-6-7-13-29-20/h3-10,13,21H,11-12,14-18,28H2,1-2H3,(H,30,36)/t21-,27?/m1/s1. The second-order valence-corrected chi connectivity index (χ2v) is 10.2. The number of esters is 1. The van der Waals surface area contributed by atoms with Gasteiger partial charge in [0.2, 0.25) is 17.7 Å². The summed E-state index contributed by atoms with van der Waals surface area (Å²) < 4.78 is 5.42. The lowest BCUT2D eigenvalue weighted by Gasteiger charge is -2.47. The highest BCUT2D eigenvalue weighted by atomic mass is 16.5. The molecule has 2 aromatic rings. The van der Waals surface area contributed by atoms with Gasteiger partial charge in [0.1, 0.15) is 12.6 Å². The van der Waals surface area contributed by atoms with E-state index in [4.69, 9.17) is 10.5 Å². The van der Waals surface area contributed by atoms with Crippen LogP contribution in [0.15, 0.2) is 54.7 Å². The molecule has 3 heterocycles. The van der Waals surface area contributed by atoms with Gasteiger partial charge in [0.05, 0.1) is 16.6 Å². The normalized spacial score (nSPS) is 20.2. The monoisotopic (exact) mass is 507 g/mol. The highest BCUT2D eigenvalue weighted by Gasteiger charge is 2.50. The molecule has 0 bridgehead atoms. The predicted molar refractivity (Wildman–Crippen MR) is 135 cm³/mol. The zero-order valence-corrected chi connectivity index (χ0v) is 21.2. The quantitative estimate of drug-likeness (QED) is 0.507. The molecule has 2 saturated heterocycles. The molecule has 10 heteroatoms. The molecule has 3 amide bonds. The molecule has 10 nitrogen and oxygen atoms in total. The van der Waals surface area contributed by atoms with Gasteiger partial charge in [-0.25, -0.2) is 4.79 Å². The van der Waals surface area contributed by atoms with Crippen molar-refractivity contribution >= 4 is 23.7 Å². The van der Waals surface area contributed by atoms with Crippen LogP contribution in [0.4, 0.5) is 0 Å². The Morgan fingerprint density at radius 1 is 1.14 bits per heavy atom. The van der Waals surface area contributed by atoms with Crippen molar-refractivity contribution in [1.29, 1.82) is 0 Å². The fourth-order valence-electron chi connectivity index (χ4n) is 4.88. The van der Waals surface area contributed by atoms with E-state index in [9.17, 15) is 19.2 Å². The Bertz CT molecular complexity index is 1150. The summed E-state index contributed by atoms with van der Waals surface area (Å²) in [5, 5.41) is 2.67. The number of piperazine rings is 1. The number of benzene rings is 1. The molecule has 0 spiro atoms. The van der Waals surface area contributed by atoms with Crippen molar-refractivity contribution in [3.05, 3.63) is 66.0 Å². The van der Waals surface area contributed by atoms with Gasteiger partial charge in [0.25, 0.3) is 0 Å². The van der Waals surface area contributed by atoms with Crippen LogP contribution in [0.5, 0.6) is 0 Å². The number of nitrogens with zero attached hydrogens (tertiary/aromatic N) is 3. The summed E-state index contributed by atoms with van der Waals surface area (Å²) in [6.45, 7) is 3.69. The van der Waals surface area contributed by atoms with E-state index in [1.165, 1.54) is 13.8 Å². The van der Waals surface area contributed by atoms with E-state index < -0.39 is 34.9 Å².